The Morgan fingerprint density at radius 1 is 0.966 bits per heavy atom. The number of rotatable bonds is 9. The highest BCUT2D eigenvalue weighted by atomic mass is 19.1. The predicted molar refractivity (Wildman–Crippen MR) is 116 cm³/mol. The first-order valence-corrected chi connectivity index (χ1v) is 12.0. The first kappa shape index (κ1) is 22.3. The van der Waals surface area contributed by atoms with Crippen LogP contribution in [0.3, 0.4) is 0 Å². The molecule has 0 heterocycles. The normalized spacial score (nSPS) is 27.5. The van der Waals surface area contributed by atoms with E-state index in [2.05, 4.69) is 6.92 Å². The quantitative estimate of drug-likeness (QED) is 0.402. The van der Waals surface area contributed by atoms with Crippen LogP contribution < -0.4 is 0 Å². The van der Waals surface area contributed by atoms with Crippen molar-refractivity contribution in [2.75, 3.05) is 6.61 Å². The summed E-state index contributed by atoms with van der Waals surface area (Å²) in [6, 6.07) is 7.01. The van der Waals surface area contributed by atoms with Gasteiger partial charge in [0.25, 0.3) is 0 Å². The summed E-state index contributed by atoms with van der Waals surface area (Å²) in [4.78, 5) is 0. The topological polar surface area (TPSA) is 33.0 Å². The number of ether oxygens (including phenoxy) is 1. The Balaban J connectivity index is 1.32. The summed E-state index contributed by atoms with van der Waals surface area (Å²) in [7, 11) is 0. The minimum atomic E-state index is -0.385. The van der Waals surface area contributed by atoms with Crippen LogP contribution in [0.25, 0.3) is 0 Å². The monoisotopic (exact) mass is 399 g/mol. The van der Waals surface area contributed by atoms with Gasteiger partial charge in [-0.15, -0.1) is 0 Å². The molecule has 3 rings (SSSR count). The molecule has 0 N–H and O–H groups in total. The summed E-state index contributed by atoms with van der Waals surface area (Å²) in [5, 5.41) is 8.89. The molecule has 0 radical (unpaired) electrons. The summed E-state index contributed by atoms with van der Waals surface area (Å²) >= 11 is 0. The molecule has 160 valence electrons. The van der Waals surface area contributed by atoms with Crippen molar-refractivity contribution in [3.63, 3.8) is 0 Å². The molecule has 0 spiro atoms. The Labute approximate surface area is 176 Å². The molecular formula is C26H38FNO. The molecule has 3 heteroatoms. The van der Waals surface area contributed by atoms with Crippen molar-refractivity contribution < 1.29 is 9.13 Å². The van der Waals surface area contributed by atoms with Gasteiger partial charge < -0.3 is 4.74 Å². The van der Waals surface area contributed by atoms with Gasteiger partial charge in [0.05, 0.1) is 11.7 Å². The lowest BCUT2D eigenvalue weighted by Crippen LogP contribution is -2.25. The number of unbranched alkanes of at least 4 members (excludes halogenated alkanes) is 3. The Morgan fingerprint density at radius 3 is 2.34 bits per heavy atom. The average Bonchev–Trinajstić information content (AvgIpc) is 2.76. The standard InChI is InChI=1S/C26H38FNO/c1-2-3-4-5-6-20-7-9-21(10-8-20)19-29-25-15-13-22(14-16-25)23-11-12-24(18-28)26(27)17-23/h11-12,17,20-22,25H,2-10,13-16,19H2,1H3. The van der Waals surface area contributed by atoms with Crippen LogP contribution in [0.1, 0.15) is 107 Å². The molecule has 1 aromatic carbocycles. The van der Waals surface area contributed by atoms with Crippen molar-refractivity contribution in [2.24, 2.45) is 11.8 Å². The number of nitriles is 1. The zero-order chi connectivity index (χ0) is 20.5. The number of hydrogen-bond acceptors (Lipinski definition) is 2. The molecule has 0 aromatic heterocycles. The maximum atomic E-state index is 13.9. The van der Waals surface area contributed by atoms with E-state index < -0.39 is 0 Å². The second-order valence-electron chi connectivity index (χ2n) is 9.39. The third-order valence-corrected chi connectivity index (χ3v) is 7.26. The van der Waals surface area contributed by atoms with Crippen LogP contribution in [0.15, 0.2) is 18.2 Å². The maximum absolute atomic E-state index is 13.9. The van der Waals surface area contributed by atoms with Gasteiger partial charge in [0.1, 0.15) is 11.9 Å². The van der Waals surface area contributed by atoms with E-state index in [0.29, 0.717) is 12.0 Å². The van der Waals surface area contributed by atoms with Crippen molar-refractivity contribution in [3.05, 3.63) is 35.1 Å². The molecule has 0 aliphatic heterocycles. The van der Waals surface area contributed by atoms with Gasteiger partial charge in [-0.05, 0) is 74.0 Å². The fourth-order valence-electron chi connectivity index (χ4n) is 5.26. The first-order valence-electron chi connectivity index (χ1n) is 12.0. The fraction of sp³-hybridized carbons (Fsp3) is 0.731. The molecule has 2 aliphatic rings. The van der Waals surface area contributed by atoms with Gasteiger partial charge in [-0.1, -0.05) is 57.9 Å². The van der Waals surface area contributed by atoms with E-state index in [-0.39, 0.29) is 11.4 Å². The zero-order valence-electron chi connectivity index (χ0n) is 18.2. The van der Waals surface area contributed by atoms with Crippen LogP contribution in [0, 0.1) is 29.0 Å². The third-order valence-electron chi connectivity index (χ3n) is 7.26. The van der Waals surface area contributed by atoms with E-state index in [9.17, 15) is 4.39 Å². The molecule has 29 heavy (non-hydrogen) atoms. The SMILES string of the molecule is CCCCCCC1CCC(COC2CCC(c3ccc(C#N)c(F)c3)CC2)CC1. The van der Waals surface area contributed by atoms with Crippen LogP contribution in [0.5, 0.6) is 0 Å². The Hall–Kier alpha value is -1.40. The molecular weight excluding hydrogens is 361 g/mol. The summed E-state index contributed by atoms with van der Waals surface area (Å²) in [5.74, 6) is 1.74. The molecule has 0 atom stereocenters. The van der Waals surface area contributed by atoms with Gasteiger partial charge >= 0.3 is 0 Å². The minimum Gasteiger partial charge on any atom is -0.378 e. The average molecular weight is 400 g/mol. The summed E-state index contributed by atoms with van der Waals surface area (Å²) in [6.07, 6.45) is 17.1. The Bertz CT molecular complexity index is 651. The zero-order valence-corrected chi connectivity index (χ0v) is 18.2. The smallest absolute Gasteiger partial charge is 0.141 e. The number of nitrogens with zero attached hydrogens (tertiary/aromatic N) is 1. The lowest BCUT2D eigenvalue weighted by molar-refractivity contribution is -0.00485. The van der Waals surface area contributed by atoms with Gasteiger partial charge in [0.2, 0.25) is 0 Å². The fourth-order valence-corrected chi connectivity index (χ4v) is 5.26. The lowest BCUT2D eigenvalue weighted by Gasteiger charge is -2.32. The van der Waals surface area contributed by atoms with Crippen LogP contribution >= 0.6 is 0 Å². The second kappa shape index (κ2) is 11.7. The second-order valence-corrected chi connectivity index (χ2v) is 9.39. The van der Waals surface area contributed by atoms with Gasteiger partial charge in [-0.25, -0.2) is 4.39 Å². The maximum Gasteiger partial charge on any atom is 0.141 e. The van der Waals surface area contributed by atoms with E-state index in [1.54, 1.807) is 12.1 Å². The van der Waals surface area contributed by atoms with Crippen molar-refractivity contribution in [1.82, 2.24) is 0 Å². The van der Waals surface area contributed by atoms with Gasteiger partial charge in [-0.2, -0.15) is 5.26 Å². The molecule has 2 aliphatic carbocycles. The van der Waals surface area contributed by atoms with Crippen molar-refractivity contribution in [1.29, 1.82) is 5.26 Å². The van der Waals surface area contributed by atoms with E-state index >= 15 is 0 Å². The van der Waals surface area contributed by atoms with E-state index in [1.165, 1.54) is 57.8 Å². The molecule has 0 bridgehead atoms. The number of benzene rings is 1. The first-order chi connectivity index (χ1) is 14.2. The third kappa shape index (κ3) is 6.82. The molecule has 0 amide bonds. The Kier molecular flexibility index (Phi) is 8.99. The molecule has 0 unspecified atom stereocenters. The highest BCUT2D eigenvalue weighted by molar-refractivity contribution is 5.34. The van der Waals surface area contributed by atoms with E-state index in [0.717, 1.165) is 49.7 Å². The highest BCUT2D eigenvalue weighted by Crippen LogP contribution is 2.36. The molecule has 1 aromatic rings. The van der Waals surface area contributed by atoms with E-state index in [1.807, 2.05) is 12.1 Å². The lowest BCUT2D eigenvalue weighted by atomic mass is 9.80. The van der Waals surface area contributed by atoms with Gasteiger partial charge in [0.15, 0.2) is 0 Å². The van der Waals surface area contributed by atoms with Crippen molar-refractivity contribution in [2.45, 2.75) is 102 Å². The highest BCUT2D eigenvalue weighted by Gasteiger charge is 2.26. The summed E-state index contributed by atoms with van der Waals surface area (Å²) < 4.78 is 20.2. The molecule has 2 fully saturated rings. The summed E-state index contributed by atoms with van der Waals surface area (Å²) in [5.41, 5.74) is 1.18. The van der Waals surface area contributed by atoms with Crippen LogP contribution in [0.2, 0.25) is 0 Å². The molecule has 2 saturated carbocycles. The van der Waals surface area contributed by atoms with Gasteiger partial charge in [0, 0.05) is 6.61 Å². The summed E-state index contributed by atoms with van der Waals surface area (Å²) in [6.45, 7) is 3.22. The largest absolute Gasteiger partial charge is 0.378 e. The van der Waals surface area contributed by atoms with Crippen LogP contribution in [-0.4, -0.2) is 12.7 Å². The minimum absolute atomic E-state index is 0.140. The predicted octanol–water partition coefficient (Wildman–Crippen LogP) is 7.52. The molecule has 0 saturated heterocycles. The van der Waals surface area contributed by atoms with Crippen LogP contribution in [0.4, 0.5) is 4.39 Å². The Morgan fingerprint density at radius 2 is 1.69 bits per heavy atom. The van der Waals surface area contributed by atoms with E-state index in [4.69, 9.17) is 10.00 Å². The van der Waals surface area contributed by atoms with Crippen LogP contribution in [-0.2, 0) is 4.74 Å². The number of halogens is 1. The van der Waals surface area contributed by atoms with Crippen molar-refractivity contribution >= 4 is 0 Å². The number of hydrogen-bond donors (Lipinski definition) is 0. The molecule has 2 nitrogen and oxygen atoms in total. The van der Waals surface area contributed by atoms with Crippen molar-refractivity contribution in [3.8, 4) is 6.07 Å². The van der Waals surface area contributed by atoms with Gasteiger partial charge in [-0.3, -0.25) is 0 Å².